The highest BCUT2D eigenvalue weighted by molar-refractivity contribution is 5.83. The second-order valence-corrected chi connectivity index (χ2v) is 4.25. The average Bonchev–Trinajstić information content (AvgIpc) is 2.39. The number of carbonyl (C=O) groups is 1. The zero-order valence-electron chi connectivity index (χ0n) is 12.2. The molecule has 106 valence electrons. The molecule has 0 spiro atoms. The molecule has 1 amide bonds. The summed E-state index contributed by atoms with van der Waals surface area (Å²) in [6.45, 7) is 8.96. The SMILES string of the molecule is CCN(CC)C(=O)C(C)Nc1nc(C)cc(OC)n1. The Bertz CT molecular complexity index is 433. The fourth-order valence-electron chi connectivity index (χ4n) is 1.77. The molecule has 1 heterocycles. The maximum absolute atomic E-state index is 12.1. The lowest BCUT2D eigenvalue weighted by atomic mass is 10.3. The van der Waals surface area contributed by atoms with Crippen molar-refractivity contribution in [1.82, 2.24) is 14.9 Å². The van der Waals surface area contributed by atoms with E-state index in [0.717, 1.165) is 5.69 Å². The van der Waals surface area contributed by atoms with Crippen LogP contribution in [0.3, 0.4) is 0 Å². The number of nitrogens with zero attached hydrogens (tertiary/aromatic N) is 3. The van der Waals surface area contributed by atoms with Crippen LogP contribution in [0.15, 0.2) is 6.07 Å². The van der Waals surface area contributed by atoms with E-state index in [-0.39, 0.29) is 11.9 Å². The number of hydrogen-bond acceptors (Lipinski definition) is 5. The highest BCUT2D eigenvalue weighted by Crippen LogP contribution is 2.12. The molecule has 1 unspecified atom stereocenters. The van der Waals surface area contributed by atoms with Gasteiger partial charge < -0.3 is 15.0 Å². The van der Waals surface area contributed by atoms with Gasteiger partial charge in [0.1, 0.15) is 6.04 Å². The molecular formula is C13H22N4O2. The third-order valence-electron chi connectivity index (χ3n) is 2.83. The zero-order valence-corrected chi connectivity index (χ0v) is 12.2. The van der Waals surface area contributed by atoms with Crippen molar-refractivity contribution in [3.05, 3.63) is 11.8 Å². The number of amides is 1. The first-order valence-electron chi connectivity index (χ1n) is 6.46. The van der Waals surface area contributed by atoms with E-state index in [9.17, 15) is 4.79 Å². The highest BCUT2D eigenvalue weighted by atomic mass is 16.5. The van der Waals surface area contributed by atoms with Crippen LogP contribution < -0.4 is 10.1 Å². The van der Waals surface area contributed by atoms with E-state index in [0.29, 0.717) is 24.9 Å². The Kier molecular flexibility index (Phi) is 5.54. The Hall–Kier alpha value is -1.85. The van der Waals surface area contributed by atoms with Crippen molar-refractivity contribution in [2.24, 2.45) is 0 Å². The van der Waals surface area contributed by atoms with Crippen molar-refractivity contribution in [3.8, 4) is 5.88 Å². The summed E-state index contributed by atoms with van der Waals surface area (Å²) in [5, 5.41) is 3.01. The van der Waals surface area contributed by atoms with Crippen LogP contribution in [0.4, 0.5) is 5.95 Å². The van der Waals surface area contributed by atoms with Crippen LogP contribution in [0.5, 0.6) is 5.88 Å². The topological polar surface area (TPSA) is 67.4 Å². The van der Waals surface area contributed by atoms with Gasteiger partial charge in [0.25, 0.3) is 0 Å². The number of rotatable bonds is 6. The molecule has 1 rings (SSSR count). The smallest absolute Gasteiger partial charge is 0.244 e. The van der Waals surface area contributed by atoms with Crippen LogP contribution in [-0.2, 0) is 4.79 Å². The van der Waals surface area contributed by atoms with E-state index in [1.165, 1.54) is 0 Å². The van der Waals surface area contributed by atoms with Crippen molar-refractivity contribution >= 4 is 11.9 Å². The van der Waals surface area contributed by atoms with E-state index < -0.39 is 0 Å². The largest absolute Gasteiger partial charge is 0.481 e. The van der Waals surface area contributed by atoms with Crippen LogP contribution in [-0.4, -0.2) is 47.0 Å². The molecule has 6 nitrogen and oxygen atoms in total. The van der Waals surface area contributed by atoms with E-state index in [1.807, 2.05) is 20.8 Å². The second kappa shape index (κ2) is 6.92. The lowest BCUT2D eigenvalue weighted by molar-refractivity contribution is -0.131. The molecule has 19 heavy (non-hydrogen) atoms. The van der Waals surface area contributed by atoms with Crippen molar-refractivity contribution in [3.63, 3.8) is 0 Å². The minimum atomic E-state index is -0.369. The number of aryl methyl sites for hydroxylation is 1. The lowest BCUT2D eigenvalue weighted by Gasteiger charge is -2.23. The molecule has 1 N–H and O–H groups in total. The zero-order chi connectivity index (χ0) is 14.4. The summed E-state index contributed by atoms with van der Waals surface area (Å²) in [4.78, 5) is 22.3. The molecule has 0 aromatic carbocycles. The van der Waals surface area contributed by atoms with Gasteiger partial charge in [0.15, 0.2) is 0 Å². The van der Waals surface area contributed by atoms with Crippen LogP contribution in [0.1, 0.15) is 26.5 Å². The van der Waals surface area contributed by atoms with Crippen molar-refractivity contribution < 1.29 is 9.53 Å². The van der Waals surface area contributed by atoms with Crippen molar-refractivity contribution in [2.45, 2.75) is 33.7 Å². The molecule has 0 aliphatic carbocycles. The Morgan fingerprint density at radius 3 is 2.58 bits per heavy atom. The number of anilines is 1. The van der Waals surface area contributed by atoms with Gasteiger partial charge in [0.05, 0.1) is 7.11 Å². The van der Waals surface area contributed by atoms with Gasteiger partial charge in [0, 0.05) is 24.8 Å². The summed E-state index contributed by atoms with van der Waals surface area (Å²) < 4.78 is 5.08. The number of carbonyl (C=O) groups excluding carboxylic acids is 1. The molecule has 0 radical (unpaired) electrons. The third-order valence-corrected chi connectivity index (χ3v) is 2.83. The fraction of sp³-hybridized carbons (Fsp3) is 0.615. The minimum absolute atomic E-state index is 0.0362. The van der Waals surface area contributed by atoms with E-state index in [2.05, 4.69) is 15.3 Å². The summed E-state index contributed by atoms with van der Waals surface area (Å²) in [7, 11) is 1.55. The predicted octanol–water partition coefficient (Wildman–Crippen LogP) is 1.46. The van der Waals surface area contributed by atoms with Crippen LogP contribution in [0.2, 0.25) is 0 Å². The standard InChI is InChI=1S/C13H22N4O2/c1-6-17(7-2)12(18)10(4)15-13-14-9(3)8-11(16-13)19-5/h8,10H,6-7H2,1-5H3,(H,14,15,16). The average molecular weight is 266 g/mol. The molecule has 6 heteroatoms. The Labute approximate surface area is 114 Å². The predicted molar refractivity (Wildman–Crippen MR) is 74.3 cm³/mol. The number of ether oxygens (including phenoxy) is 1. The van der Waals surface area contributed by atoms with E-state index in [1.54, 1.807) is 25.0 Å². The van der Waals surface area contributed by atoms with Gasteiger partial charge in [0.2, 0.25) is 17.7 Å². The van der Waals surface area contributed by atoms with Crippen molar-refractivity contribution in [2.75, 3.05) is 25.5 Å². The van der Waals surface area contributed by atoms with Gasteiger partial charge in [-0.25, -0.2) is 4.98 Å². The van der Waals surface area contributed by atoms with Gasteiger partial charge in [-0.15, -0.1) is 0 Å². The van der Waals surface area contributed by atoms with Gasteiger partial charge in [-0.3, -0.25) is 4.79 Å². The monoisotopic (exact) mass is 266 g/mol. The molecular weight excluding hydrogens is 244 g/mol. The number of methoxy groups -OCH3 is 1. The summed E-state index contributed by atoms with van der Waals surface area (Å²) in [5.41, 5.74) is 0.789. The van der Waals surface area contributed by atoms with Gasteiger partial charge in [-0.05, 0) is 27.7 Å². The number of aromatic nitrogens is 2. The van der Waals surface area contributed by atoms with Crippen molar-refractivity contribution in [1.29, 1.82) is 0 Å². The molecule has 0 bridgehead atoms. The van der Waals surface area contributed by atoms with Crippen LogP contribution in [0.25, 0.3) is 0 Å². The molecule has 1 atom stereocenters. The maximum atomic E-state index is 12.1. The summed E-state index contributed by atoms with van der Waals surface area (Å²) in [6.07, 6.45) is 0. The first kappa shape index (κ1) is 15.2. The fourth-order valence-corrected chi connectivity index (χ4v) is 1.77. The van der Waals surface area contributed by atoms with Crippen LogP contribution in [0, 0.1) is 6.92 Å². The molecule has 0 aliphatic heterocycles. The molecule has 0 saturated heterocycles. The quantitative estimate of drug-likeness (QED) is 0.844. The lowest BCUT2D eigenvalue weighted by Crippen LogP contribution is -2.41. The van der Waals surface area contributed by atoms with Gasteiger partial charge in [-0.1, -0.05) is 0 Å². The third kappa shape index (κ3) is 4.08. The molecule has 0 fully saturated rings. The summed E-state index contributed by atoms with van der Waals surface area (Å²) in [5.74, 6) is 0.927. The molecule has 1 aromatic heterocycles. The van der Waals surface area contributed by atoms with Gasteiger partial charge >= 0.3 is 0 Å². The normalized spacial score (nSPS) is 11.8. The first-order chi connectivity index (χ1) is 9.01. The summed E-state index contributed by atoms with van der Waals surface area (Å²) >= 11 is 0. The highest BCUT2D eigenvalue weighted by Gasteiger charge is 2.19. The van der Waals surface area contributed by atoms with E-state index in [4.69, 9.17) is 4.74 Å². The van der Waals surface area contributed by atoms with E-state index >= 15 is 0 Å². The Balaban J connectivity index is 2.78. The molecule has 0 saturated carbocycles. The maximum Gasteiger partial charge on any atom is 0.244 e. The first-order valence-corrected chi connectivity index (χ1v) is 6.46. The second-order valence-electron chi connectivity index (χ2n) is 4.25. The minimum Gasteiger partial charge on any atom is -0.481 e. The molecule has 1 aromatic rings. The van der Waals surface area contributed by atoms with Crippen LogP contribution >= 0.6 is 0 Å². The Morgan fingerprint density at radius 2 is 2.05 bits per heavy atom. The number of likely N-dealkylation sites (N-methyl/N-ethyl adjacent to an activating group) is 1. The number of hydrogen-bond donors (Lipinski definition) is 1. The molecule has 0 aliphatic rings. The van der Waals surface area contributed by atoms with Gasteiger partial charge in [-0.2, -0.15) is 4.98 Å². The Morgan fingerprint density at radius 1 is 1.42 bits per heavy atom. The number of nitrogens with one attached hydrogen (secondary N) is 1. The summed E-state index contributed by atoms with van der Waals surface area (Å²) in [6, 6.07) is 1.37.